The van der Waals surface area contributed by atoms with Crippen molar-refractivity contribution in [2.45, 2.75) is 12.8 Å². The second kappa shape index (κ2) is 9.19. The smallest absolute Gasteiger partial charge is 0.311 e. The maximum atomic E-state index is 11.9. The molecule has 0 aliphatic heterocycles. The lowest BCUT2D eigenvalue weighted by Gasteiger charge is -2.07. The van der Waals surface area contributed by atoms with Crippen molar-refractivity contribution in [3.63, 3.8) is 0 Å². The zero-order valence-corrected chi connectivity index (χ0v) is 15.1. The normalized spacial score (nSPS) is 10.1. The number of nitrogens with zero attached hydrogens (tertiary/aromatic N) is 1. The quantitative estimate of drug-likeness (QED) is 0.384. The van der Waals surface area contributed by atoms with Crippen LogP contribution in [0.15, 0.2) is 71.3 Å². The Labute approximate surface area is 162 Å². The van der Waals surface area contributed by atoms with Gasteiger partial charge in [0, 0.05) is 13.0 Å². The summed E-state index contributed by atoms with van der Waals surface area (Å²) in [6.45, 7) is 0.353. The average molecular weight is 374 g/mol. The monoisotopic (exact) mass is 374 g/mol. The second-order valence-electron chi connectivity index (χ2n) is 6.02. The summed E-state index contributed by atoms with van der Waals surface area (Å²) in [6, 6.07) is 19.7. The predicted octanol–water partition coefficient (Wildman–Crippen LogP) is 3.93. The SMILES string of the molecule is N#Cc1ccc(-c2ccc(OC(=O)CCCNC(=O)c3ccco3)cc2)cc1. The van der Waals surface area contributed by atoms with E-state index in [1.807, 2.05) is 24.3 Å². The summed E-state index contributed by atoms with van der Waals surface area (Å²) in [5.41, 5.74) is 2.55. The molecular formula is C22H18N2O4. The number of nitrogens with one attached hydrogen (secondary N) is 1. The molecule has 1 heterocycles. The first kappa shape index (κ1) is 18.9. The van der Waals surface area contributed by atoms with Gasteiger partial charge in [0.1, 0.15) is 5.75 Å². The first-order valence-corrected chi connectivity index (χ1v) is 8.79. The van der Waals surface area contributed by atoms with Crippen LogP contribution in [0, 0.1) is 11.3 Å². The largest absolute Gasteiger partial charge is 0.459 e. The summed E-state index contributed by atoms with van der Waals surface area (Å²) < 4.78 is 10.3. The van der Waals surface area contributed by atoms with Crippen molar-refractivity contribution in [2.75, 3.05) is 6.54 Å². The van der Waals surface area contributed by atoms with E-state index in [0.29, 0.717) is 24.3 Å². The molecule has 0 saturated carbocycles. The molecule has 1 amide bonds. The van der Waals surface area contributed by atoms with Crippen molar-refractivity contribution >= 4 is 11.9 Å². The number of hydrogen-bond acceptors (Lipinski definition) is 5. The van der Waals surface area contributed by atoms with Crippen molar-refractivity contribution in [1.82, 2.24) is 5.32 Å². The summed E-state index contributed by atoms with van der Waals surface area (Å²) >= 11 is 0. The van der Waals surface area contributed by atoms with Gasteiger partial charge in [-0.15, -0.1) is 0 Å². The van der Waals surface area contributed by atoms with Gasteiger partial charge in [0.15, 0.2) is 5.76 Å². The van der Waals surface area contributed by atoms with Crippen LogP contribution in [0.4, 0.5) is 0 Å². The summed E-state index contributed by atoms with van der Waals surface area (Å²) in [5.74, 6) is 0.0297. The van der Waals surface area contributed by atoms with E-state index in [1.165, 1.54) is 6.26 Å². The Bertz CT molecular complexity index is 969. The van der Waals surface area contributed by atoms with E-state index in [1.54, 1.807) is 36.4 Å². The maximum absolute atomic E-state index is 11.9. The number of hydrogen-bond donors (Lipinski definition) is 1. The van der Waals surface area contributed by atoms with Crippen LogP contribution < -0.4 is 10.1 Å². The molecule has 0 unspecified atom stereocenters. The third-order valence-electron chi connectivity index (χ3n) is 4.02. The number of carbonyl (C=O) groups is 2. The van der Waals surface area contributed by atoms with Crippen LogP contribution in [0.3, 0.4) is 0 Å². The average Bonchev–Trinajstić information content (AvgIpc) is 3.27. The standard InChI is InChI=1S/C22H18N2O4/c23-15-16-5-7-17(8-6-16)18-9-11-19(12-10-18)28-21(25)4-1-13-24-22(26)20-3-2-14-27-20/h2-3,5-12,14H,1,4,13H2,(H,24,26). The van der Waals surface area contributed by atoms with Gasteiger partial charge in [-0.2, -0.15) is 5.26 Å². The Morgan fingerprint density at radius 2 is 1.68 bits per heavy atom. The molecule has 0 bridgehead atoms. The molecule has 140 valence electrons. The van der Waals surface area contributed by atoms with Crippen LogP contribution in [0.1, 0.15) is 29.0 Å². The number of nitriles is 1. The zero-order valence-electron chi connectivity index (χ0n) is 15.1. The molecule has 3 rings (SSSR count). The fraction of sp³-hybridized carbons (Fsp3) is 0.136. The van der Waals surface area contributed by atoms with Gasteiger partial charge in [0.25, 0.3) is 5.91 Å². The van der Waals surface area contributed by atoms with Gasteiger partial charge in [-0.25, -0.2) is 0 Å². The van der Waals surface area contributed by atoms with Crippen molar-refractivity contribution in [3.8, 4) is 22.9 Å². The van der Waals surface area contributed by atoms with E-state index in [2.05, 4.69) is 11.4 Å². The fourth-order valence-electron chi connectivity index (χ4n) is 2.56. The van der Waals surface area contributed by atoms with Crippen LogP contribution in [0.25, 0.3) is 11.1 Å². The number of rotatable bonds is 7. The first-order valence-electron chi connectivity index (χ1n) is 8.79. The molecule has 0 spiro atoms. The number of ether oxygens (including phenoxy) is 1. The predicted molar refractivity (Wildman–Crippen MR) is 103 cm³/mol. The minimum Gasteiger partial charge on any atom is -0.459 e. The molecule has 6 nitrogen and oxygen atoms in total. The van der Waals surface area contributed by atoms with Crippen LogP contribution in [0.5, 0.6) is 5.75 Å². The van der Waals surface area contributed by atoms with Crippen molar-refractivity contribution in [1.29, 1.82) is 5.26 Å². The molecular weight excluding hydrogens is 356 g/mol. The van der Waals surface area contributed by atoms with Crippen molar-refractivity contribution < 1.29 is 18.7 Å². The highest BCUT2D eigenvalue weighted by Crippen LogP contribution is 2.23. The van der Waals surface area contributed by atoms with Crippen molar-refractivity contribution in [3.05, 3.63) is 78.3 Å². The Hall–Kier alpha value is -3.85. The minimum absolute atomic E-state index is 0.190. The molecule has 6 heteroatoms. The van der Waals surface area contributed by atoms with E-state index < -0.39 is 0 Å². The molecule has 2 aromatic carbocycles. The van der Waals surface area contributed by atoms with Crippen LogP contribution in [-0.2, 0) is 4.79 Å². The summed E-state index contributed by atoms with van der Waals surface area (Å²) in [7, 11) is 0. The lowest BCUT2D eigenvalue weighted by atomic mass is 10.0. The fourth-order valence-corrected chi connectivity index (χ4v) is 2.56. The second-order valence-corrected chi connectivity index (χ2v) is 6.02. The van der Waals surface area contributed by atoms with Crippen LogP contribution >= 0.6 is 0 Å². The molecule has 0 atom stereocenters. The Morgan fingerprint density at radius 1 is 1.00 bits per heavy atom. The summed E-state index contributed by atoms with van der Waals surface area (Å²) in [4.78, 5) is 23.6. The number of benzene rings is 2. The molecule has 0 saturated heterocycles. The number of amides is 1. The van der Waals surface area contributed by atoms with Crippen LogP contribution in [0.2, 0.25) is 0 Å². The molecule has 0 aliphatic carbocycles. The number of esters is 1. The Balaban J connectivity index is 1.44. The first-order chi connectivity index (χ1) is 13.7. The van der Waals surface area contributed by atoms with Gasteiger partial charge in [-0.05, 0) is 53.9 Å². The van der Waals surface area contributed by atoms with Gasteiger partial charge >= 0.3 is 5.97 Å². The summed E-state index contributed by atoms with van der Waals surface area (Å²) in [5, 5.41) is 11.5. The summed E-state index contributed by atoms with van der Waals surface area (Å²) in [6.07, 6.45) is 2.09. The number of furan rings is 1. The Morgan fingerprint density at radius 3 is 2.29 bits per heavy atom. The molecule has 0 fully saturated rings. The van der Waals surface area contributed by atoms with Gasteiger partial charge in [0.2, 0.25) is 0 Å². The molecule has 1 aromatic heterocycles. The lowest BCUT2D eigenvalue weighted by molar-refractivity contribution is -0.134. The molecule has 0 aliphatic rings. The van der Waals surface area contributed by atoms with E-state index in [4.69, 9.17) is 14.4 Å². The maximum Gasteiger partial charge on any atom is 0.311 e. The minimum atomic E-state index is -0.363. The molecule has 3 aromatic rings. The third-order valence-corrected chi connectivity index (χ3v) is 4.02. The number of carbonyl (C=O) groups excluding carboxylic acids is 2. The zero-order chi connectivity index (χ0) is 19.8. The van der Waals surface area contributed by atoms with E-state index in [-0.39, 0.29) is 24.1 Å². The highest BCUT2D eigenvalue weighted by Gasteiger charge is 2.09. The lowest BCUT2D eigenvalue weighted by Crippen LogP contribution is -2.24. The topological polar surface area (TPSA) is 92.3 Å². The molecule has 0 radical (unpaired) electrons. The van der Waals surface area contributed by atoms with E-state index >= 15 is 0 Å². The van der Waals surface area contributed by atoms with Crippen LogP contribution in [-0.4, -0.2) is 18.4 Å². The van der Waals surface area contributed by atoms with E-state index in [0.717, 1.165) is 11.1 Å². The third kappa shape index (κ3) is 5.08. The van der Waals surface area contributed by atoms with Crippen molar-refractivity contribution in [2.24, 2.45) is 0 Å². The van der Waals surface area contributed by atoms with E-state index in [9.17, 15) is 9.59 Å². The Kier molecular flexibility index (Phi) is 6.21. The molecule has 1 N–H and O–H groups in total. The highest BCUT2D eigenvalue weighted by molar-refractivity contribution is 5.91. The van der Waals surface area contributed by atoms with Gasteiger partial charge in [-0.3, -0.25) is 9.59 Å². The molecule has 28 heavy (non-hydrogen) atoms. The highest BCUT2D eigenvalue weighted by atomic mass is 16.5. The van der Waals surface area contributed by atoms with Gasteiger partial charge in [-0.1, -0.05) is 24.3 Å². The van der Waals surface area contributed by atoms with Gasteiger partial charge < -0.3 is 14.5 Å². The van der Waals surface area contributed by atoms with Gasteiger partial charge in [0.05, 0.1) is 17.9 Å².